The van der Waals surface area contributed by atoms with Crippen molar-refractivity contribution in [1.82, 2.24) is 4.90 Å². The van der Waals surface area contributed by atoms with Gasteiger partial charge in [-0.3, -0.25) is 0 Å². The summed E-state index contributed by atoms with van der Waals surface area (Å²) in [6.07, 6.45) is 1.40. The van der Waals surface area contributed by atoms with E-state index in [0.717, 1.165) is 29.6 Å². The molecular formula is C12H23N. The van der Waals surface area contributed by atoms with Crippen LogP contribution < -0.4 is 0 Å². The van der Waals surface area contributed by atoms with Gasteiger partial charge in [0.15, 0.2) is 0 Å². The lowest BCUT2D eigenvalue weighted by Crippen LogP contribution is -2.40. The van der Waals surface area contributed by atoms with Gasteiger partial charge in [0.25, 0.3) is 0 Å². The van der Waals surface area contributed by atoms with Crippen LogP contribution in [0.3, 0.4) is 0 Å². The number of hydrogen-bond acceptors (Lipinski definition) is 1. The van der Waals surface area contributed by atoms with E-state index in [1.54, 1.807) is 0 Å². The van der Waals surface area contributed by atoms with Crippen molar-refractivity contribution in [2.24, 2.45) is 29.6 Å². The number of hydrogen-bond donors (Lipinski definition) is 0. The van der Waals surface area contributed by atoms with Gasteiger partial charge in [-0.25, -0.2) is 0 Å². The van der Waals surface area contributed by atoms with Crippen LogP contribution in [0.25, 0.3) is 0 Å². The highest BCUT2D eigenvalue weighted by Gasteiger charge is 2.48. The van der Waals surface area contributed by atoms with E-state index in [2.05, 4.69) is 32.7 Å². The molecule has 1 saturated carbocycles. The van der Waals surface area contributed by atoms with Crippen molar-refractivity contribution in [3.05, 3.63) is 0 Å². The molecule has 2 fully saturated rings. The van der Waals surface area contributed by atoms with Gasteiger partial charge in [0.1, 0.15) is 0 Å². The highest BCUT2D eigenvalue weighted by Crippen LogP contribution is 2.50. The van der Waals surface area contributed by atoms with Crippen LogP contribution in [0.4, 0.5) is 0 Å². The van der Waals surface area contributed by atoms with Gasteiger partial charge in [0.2, 0.25) is 0 Å². The van der Waals surface area contributed by atoms with Crippen LogP contribution in [0.2, 0.25) is 0 Å². The molecule has 1 aliphatic heterocycles. The number of nitrogens with zero attached hydrogens (tertiary/aromatic N) is 1. The fraction of sp³-hybridized carbons (Fsp3) is 1.00. The summed E-state index contributed by atoms with van der Waals surface area (Å²) in [7, 11) is 2.29. The van der Waals surface area contributed by atoms with Crippen LogP contribution in [-0.4, -0.2) is 25.0 Å². The van der Waals surface area contributed by atoms with E-state index >= 15 is 0 Å². The predicted octanol–water partition coefficient (Wildman–Crippen LogP) is 2.48. The van der Waals surface area contributed by atoms with Crippen molar-refractivity contribution in [1.29, 1.82) is 0 Å². The molecule has 0 aromatic carbocycles. The van der Waals surface area contributed by atoms with Gasteiger partial charge < -0.3 is 4.90 Å². The third-order valence-electron chi connectivity index (χ3n) is 4.80. The molecule has 0 aromatic rings. The van der Waals surface area contributed by atoms with E-state index < -0.39 is 0 Å². The monoisotopic (exact) mass is 181 g/mol. The van der Waals surface area contributed by atoms with Gasteiger partial charge in [-0.15, -0.1) is 0 Å². The summed E-state index contributed by atoms with van der Waals surface area (Å²) < 4.78 is 0. The van der Waals surface area contributed by atoms with Crippen LogP contribution in [-0.2, 0) is 0 Å². The third-order valence-corrected chi connectivity index (χ3v) is 4.80. The lowest BCUT2D eigenvalue weighted by molar-refractivity contribution is 0.116. The standard InChI is InChI=1S/C12H23N/c1-5-10-11-6-13(4)7-12(10)9(3)8(11)2/h8-12H,5-7H2,1-4H3. The van der Waals surface area contributed by atoms with Crippen LogP contribution in [0.15, 0.2) is 0 Å². The molecule has 1 aliphatic carbocycles. The van der Waals surface area contributed by atoms with Crippen molar-refractivity contribution < 1.29 is 0 Å². The molecule has 0 radical (unpaired) electrons. The second kappa shape index (κ2) is 3.27. The molecule has 1 saturated heterocycles. The topological polar surface area (TPSA) is 3.24 Å². The van der Waals surface area contributed by atoms with Crippen LogP contribution >= 0.6 is 0 Å². The van der Waals surface area contributed by atoms with Crippen molar-refractivity contribution in [2.45, 2.75) is 27.2 Å². The zero-order valence-electron chi connectivity index (χ0n) is 9.46. The molecule has 13 heavy (non-hydrogen) atoms. The van der Waals surface area contributed by atoms with Gasteiger partial charge in [-0.2, -0.15) is 0 Å². The Bertz CT molecular complexity index is 172. The molecule has 0 amide bonds. The molecule has 0 spiro atoms. The summed E-state index contributed by atoms with van der Waals surface area (Å²) in [6, 6.07) is 0. The zero-order valence-corrected chi connectivity index (χ0v) is 9.46. The maximum Gasteiger partial charge on any atom is 0.00121 e. The fourth-order valence-corrected chi connectivity index (χ4v) is 3.88. The number of rotatable bonds is 1. The van der Waals surface area contributed by atoms with Crippen molar-refractivity contribution >= 4 is 0 Å². The second-order valence-electron chi connectivity index (χ2n) is 5.34. The molecule has 4 atom stereocenters. The molecule has 2 aliphatic rings. The first-order valence-corrected chi connectivity index (χ1v) is 5.83. The average Bonchev–Trinajstić information content (AvgIpc) is 2.26. The van der Waals surface area contributed by atoms with E-state index in [9.17, 15) is 0 Å². The Morgan fingerprint density at radius 2 is 1.54 bits per heavy atom. The number of piperidine rings is 1. The highest BCUT2D eigenvalue weighted by molar-refractivity contribution is 4.98. The zero-order chi connectivity index (χ0) is 9.59. The smallest absolute Gasteiger partial charge is 0.00121 e. The molecular weight excluding hydrogens is 158 g/mol. The maximum absolute atomic E-state index is 2.54. The highest BCUT2D eigenvalue weighted by atomic mass is 15.1. The number of fused-ring (bicyclic) bond motifs is 2. The first-order chi connectivity index (χ1) is 6.15. The predicted molar refractivity (Wildman–Crippen MR) is 56.6 cm³/mol. The molecule has 0 aromatic heterocycles. The minimum Gasteiger partial charge on any atom is -0.306 e. The van der Waals surface area contributed by atoms with E-state index in [1.807, 2.05) is 0 Å². The first kappa shape index (κ1) is 9.51. The van der Waals surface area contributed by atoms with Gasteiger partial charge in [-0.1, -0.05) is 27.2 Å². The van der Waals surface area contributed by atoms with Gasteiger partial charge in [0.05, 0.1) is 0 Å². The minimum atomic E-state index is 0.958. The Balaban J connectivity index is 2.20. The molecule has 1 heteroatoms. The van der Waals surface area contributed by atoms with Crippen molar-refractivity contribution in [3.8, 4) is 0 Å². The Morgan fingerprint density at radius 1 is 1.08 bits per heavy atom. The lowest BCUT2D eigenvalue weighted by atomic mass is 9.81. The Morgan fingerprint density at radius 3 is 1.92 bits per heavy atom. The summed E-state index contributed by atoms with van der Waals surface area (Å²) in [4.78, 5) is 2.54. The van der Waals surface area contributed by atoms with Gasteiger partial charge in [-0.05, 0) is 36.6 Å². The minimum absolute atomic E-state index is 0.958. The molecule has 2 rings (SSSR count). The first-order valence-electron chi connectivity index (χ1n) is 5.83. The Kier molecular flexibility index (Phi) is 2.39. The molecule has 0 N–H and O–H groups in total. The summed E-state index contributed by atoms with van der Waals surface area (Å²) in [5, 5.41) is 0. The van der Waals surface area contributed by atoms with E-state index in [0.29, 0.717) is 0 Å². The van der Waals surface area contributed by atoms with Gasteiger partial charge >= 0.3 is 0 Å². The fourth-order valence-electron chi connectivity index (χ4n) is 3.88. The van der Waals surface area contributed by atoms with Crippen LogP contribution in [0, 0.1) is 29.6 Å². The Hall–Kier alpha value is -0.0400. The largest absolute Gasteiger partial charge is 0.306 e. The quantitative estimate of drug-likeness (QED) is 0.600. The summed E-state index contributed by atoms with van der Waals surface area (Å²) in [6.45, 7) is 10.0. The van der Waals surface area contributed by atoms with E-state index in [-0.39, 0.29) is 0 Å². The SMILES string of the molecule is CCC1C2CN(C)CC1C(C)C2C. The third kappa shape index (κ3) is 1.32. The average molecular weight is 181 g/mol. The van der Waals surface area contributed by atoms with E-state index in [4.69, 9.17) is 0 Å². The van der Waals surface area contributed by atoms with Gasteiger partial charge in [0, 0.05) is 13.1 Å². The normalized spacial score (nSPS) is 51.2. The Labute approximate surface area is 82.5 Å². The second-order valence-corrected chi connectivity index (χ2v) is 5.34. The summed E-state index contributed by atoms with van der Waals surface area (Å²) in [5.41, 5.74) is 0. The maximum atomic E-state index is 2.54. The molecule has 4 unspecified atom stereocenters. The molecule has 76 valence electrons. The lowest BCUT2D eigenvalue weighted by Gasteiger charge is -2.36. The number of likely N-dealkylation sites (tertiary alicyclic amines) is 1. The molecule has 1 heterocycles. The van der Waals surface area contributed by atoms with Crippen molar-refractivity contribution in [3.63, 3.8) is 0 Å². The molecule has 1 nitrogen and oxygen atoms in total. The molecule has 2 bridgehead atoms. The van der Waals surface area contributed by atoms with Crippen LogP contribution in [0.1, 0.15) is 27.2 Å². The summed E-state index contributed by atoms with van der Waals surface area (Å²) in [5.74, 6) is 4.92. The van der Waals surface area contributed by atoms with Crippen LogP contribution in [0.5, 0.6) is 0 Å². The van der Waals surface area contributed by atoms with E-state index in [1.165, 1.54) is 19.5 Å². The van der Waals surface area contributed by atoms with Crippen molar-refractivity contribution in [2.75, 3.05) is 20.1 Å². The summed E-state index contributed by atoms with van der Waals surface area (Å²) >= 11 is 0.